The van der Waals surface area contributed by atoms with Gasteiger partial charge in [-0.2, -0.15) is 0 Å². The molecule has 0 aromatic heterocycles. The van der Waals surface area contributed by atoms with Crippen molar-refractivity contribution in [3.63, 3.8) is 0 Å². The third-order valence-corrected chi connectivity index (χ3v) is 1.86. The third kappa shape index (κ3) is 1.45. The molecule has 0 fully saturated rings. The van der Waals surface area contributed by atoms with Gasteiger partial charge in [0.25, 0.3) is 0 Å². The van der Waals surface area contributed by atoms with Crippen LogP contribution in [-0.2, 0) is 4.79 Å². The summed E-state index contributed by atoms with van der Waals surface area (Å²) in [6, 6.07) is 0. The molecule has 2 heteroatoms. The molecule has 10 heavy (non-hydrogen) atoms. The zero-order valence-corrected chi connectivity index (χ0v) is 6.08. The van der Waals surface area contributed by atoms with Gasteiger partial charge in [0.2, 0.25) is 0 Å². The molecule has 0 aliphatic heterocycles. The number of Topliss-reactive ketones (excluding diaryl/α,β-unsaturated/α-hetero) is 1. The number of allylic oxidation sites excluding steroid dienone is 1. The molecule has 0 spiro atoms. The van der Waals surface area contributed by atoms with Gasteiger partial charge in [-0.25, -0.2) is 0 Å². The number of hydrogen-bond donors (Lipinski definition) is 1. The Balaban J connectivity index is 2.64. The summed E-state index contributed by atoms with van der Waals surface area (Å²) >= 11 is 0. The molecule has 0 radical (unpaired) electrons. The van der Waals surface area contributed by atoms with Crippen LogP contribution in [0.3, 0.4) is 0 Å². The lowest BCUT2D eigenvalue weighted by atomic mass is 9.90. The minimum Gasteiger partial charge on any atom is -0.392 e. The van der Waals surface area contributed by atoms with Crippen LogP contribution in [0.25, 0.3) is 0 Å². The van der Waals surface area contributed by atoms with Gasteiger partial charge in [-0.05, 0) is 19.8 Å². The first-order valence-electron chi connectivity index (χ1n) is 3.57. The molecule has 0 saturated carbocycles. The van der Waals surface area contributed by atoms with Crippen LogP contribution < -0.4 is 0 Å². The molecule has 0 aromatic rings. The molecule has 0 amide bonds. The normalized spacial score (nSPS) is 32.2. The van der Waals surface area contributed by atoms with Crippen LogP contribution in [0.2, 0.25) is 0 Å². The average Bonchev–Trinajstić information content (AvgIpc) is 1.88. The van der Waals surface area contributed by atoms with E-state index in [1.807, 2.05) is 6.08 Å². The van der Waals surface area contributed by atoms with E-state index in [9.17, 15) is 9.90 Å². The van der Waals surface area contributed by atoms with Crippen LogP contribution in [0.15, 0.2) is 12.2 Å². The molecule has 1 aliphatic rings. The summed E-state index contributed by atoms with van der Waals surface area (Å²) in [7, 11) is 0. The van der Waals surface area contributed by atoms with Crippen LogP contribution >= 0.6 is 0 Å². The van der Waals surface area contributed by atoms with Crippen LogP contribution in [0.4, 0.5) is 0 Å². The van der Waals surface area contributed by atoms with Crippen molar-refractivity contribution in [2.75, 3.05) is 0 Å². The third-order valence-electron chi connectivity index (χ3n) is 1.86. The first-order chi connectivity index (χ1) is 4.72. The molecule has 1 rings (SSSR count). The summed E-state index contributed by atoms with van der Waals surface area (Å²) < 4.78 is 0. The highest BCUT2D eigenvalue weighted by Crippen LogP contribution is 2.18. The maximum atomic E-state index is 10.8. The first kappa shape index (κ1) is 7.48. The molecule has 0 saturated heterocycles. The van der Waals surface area contributed by atoms with Gasteiger partial charge in [0.15, 0.2) is 0 Å². The van der Waals surface area contributed by atoms with Crippen molar-refractivity contribution < 1.29 is 9.90 Å². The van der Waals surface area contributed by atoms with Gasteiger partial charge in [0, 0.05) is 0 Å². The molecule has 1 N–H and O–H groups in total. The highest BCUT2D eigenvalue weighted by Gasteiger charge is 2.22. The summed E-state index contributed by atoms with van der Waals surface area (Å²) in [6.45, 7) is 1.52. The maximum absolute atomic E-state index is 10.8. The van der Waals surface area contributed by atoms with Gasteiger partial charge in [-0.15, -0.1) is 0 Å². The summed E-state index contributed by atoms with van der Waals surface area (Å²) in [4.78, 5) is 10.8. The largest absolute Gasteiger partial charge is 0.392 e. The second kappa shape index (κ2) is 2.97. The van der Waals surface area contributed by atoms with Crippen molar-refractivity contribution in [2.45, 2.75) is 25.9 Å². The van der Waals surface area contributed by atoms with Crippen molar-refractivity contribution in [3.05, 3.63) is 12.2 Å². The SMILES string of the molecule is CC(=O)C1C=CCCC1O. The van der Waals surface area contributed by atoms with Gasteiger partial charge in [0.05, 0.1) is 12.0 Å². The summed E-state index contributed by atoms with van der Waals surface area (Å²) in [5.41, 5.74) is 0. The monoisotopic (exact) mass is 140 g/mol. The molecule has 2 unspecified atom stereocenters. The van der Waals surface area contributed by atoms with E-state index >= 15 is 0 Å². The summed E-state index contributed by atoms with van der Waals surface area (Å²) in [5, 5.41) is 9.27. The van der Waals surface area contributed by atoms with Crippen molar-refractivity contribution in [3.8, 4) is 0 Å². The second-order valence-corrected chi connectivity index (χ2v) is 2.71. The van der Waals surface area contributed by atoms with Crippen molar-refractivity contribution in [1.82, 2.24) is 0 Å². The smallest absolute Gasteiger partial charge is 0.139 e. The van der Waals surface area contributed by atoms with Gasteiger partial charge in [-0.1, -0.05) is 12.2 Å². The van der Waals surface area contributed by atoms with Crippen molar-refractivity contribution in [1.29, 1.82) is 0 Å². The minimum atomic E-state index is -0.442. The number of ketones is 1. The Labute approximate surface area is 60.6 Å². The predicted molar refractivity (Wildman–Crippen MR) is 38.6 cm³/mol. The van der Waals surface area contributed by atoms with Gasteiger partial charge in [-0.3, -0.25) is 4.79 Å². The molecule has 1 aliphatic carbocycles. The lowest BCUT2D eigenvalue weighted by Crippen LogP contribution is -2.26. The zero-order chi connectivity index (χ0) is 7.56. The Bertz CT molecular complexity index is 161. The second-order valence-electron chi connectivity index (χ2n) is 2.71. The fraction of sp³-hybridized carbons (Fsp3) is 0.625. The molecule has 56 valence electrons. The lowest BCUT2D eigenvalue weighted by molar-refractivity contribution is -0.122. The number of hydrogen-bond acceptors (Lipinski definition) is 2. The molecule has 2 nitrogen and oxygen atoms in total. The highest BCUT2D eigenvalue weighted by molar-refractivity contribution is 5.80. The van der Waals surface area contributed by atoms with E-state index in [1.54, 1.807) is 6.08 Å². The lowest BCUT2D eigenvalue weighted by Gasteiger charge is -2.19. The Morgan fingerprint density at radius 1 is 1.70 bits per heavy atom. The fourth-order valence-corrected chi connectivity index (χ4v) is 1.22. The molecule has 0 aromatic carbocycles. The first-order valence-corrected chi connectivity index (χ1v) is 3.57. The van der Waals surface area contributed by atoms with E-state index in [-0.39, 0.29) is 11.7 Å². The fourth-order valence-electron chi connectivity index (χ4n) is 1.22. The maximum Gasteiger partial charge on any atom is 0.139 e. The van der Waals surface area contributed by atoms with Crippen LogP contribution in [0.5, 0.6) is 0 Å². The van der Waals surface area contributed by atoms with Crippen LogP contribution in [0.1, 0.15) is 19.8 Å². The molecule has 0 heterocycles. The van der Waals surface area contributed by atoms with Crippen molar-refractivity contribution in [2.24, 2.45) is 5.92 Å². The van der Waals surface area contributed by atoms with E-state index in [2.05, 4.69) is 0 Å². The number of rotatable bonds is 1. The van der Waals surface area contributed by atoms with Gasteiger partial charge >= 0.3 is 0 Å². The molecule has 2 atom stereocenters. The van der Waals surface area contributed by atoms with E-state index in [0.717, 1.165) is 12.8 Å². The summed E-state index contributed by atoms with van der Waals surface area (Å²) in [6.07, 6.45) is 4.93. The van der Waals surface area contributed by atoms with Gasteiger partial charge in [0.1, 0.15) is 5.78 Å². The van der Waals surface area contributed by atoms with Crippen LogP contribution in [-0.4, -0.2) is 17.0 Å². The Morgan fingerprint density at radius 3 is 2.80 bits per heavy atom. The number of aliphatic hydroxyl groups is 1. The van der Waals surface area contributed by atoms with E-state index in [1.165, 1.54) is 6.92 Å². The zero-order valence-electron chi connectivity index (χ0n) is 6.08. The van der Waals surface area contributed by atoms with Gasteiger partial charge < -0.3 is 5.11 Å². The Hall–Kier alpha value is -0.630. The number of carbonyl (C=O) groups is 1. The average molecular weight is 140 g/mol. The Kier molecular flexibility index (Phi) is 2.22. The van der Waals surface area contributed by atoms with Crippen molar-refractivity contribution >= 4 is 5.78 Å². The highest BCUT2D eigenvalue weighted by atomic mass is 16.3. The topological polar surface area (TPSA) is 37.3 Å². The molecule has 0 bridgehead atoms. The number of carbonyl (C=O) groups excluding carboxylic acids is 1. The van der Waals surface area contributed by atoms with E-state index < -0.39 is 6.10 Å². The quantitative estimate of drug-likeness (QED) is 0.549. The van der Waals surface area contributed by atoms with E-state index in [4.69, 9.17) is 0 Å². The molecular formula is C8H12O2. The number of aliphatic hydroxyl groups excluding tert-OH is 1. The van der Waals surface area contributed by atoms with Crippen LogP contribution in [0, 0.1) is 5.92 Å². The predicted octanol–water partition coefficient (Wildman–Crippen LogP) is 0.902. The Morgan fingerprint density at radius 2 is 2.40 bits per heavy atom. The standard InChI is InChI=1S/C8H12O2/c1-6(9)7-4-2-3-5-8(7)10/h2,4,7-8,10H,3,5H2,1H3. The summed E-state index contributed by atoms with van der Waals surface area (Å²) in [5.74, 6) is -0.183. The molecular weight excluding hydrogens is 128 g/mol. The van der Waals surface area contributed by atoms with E-state index in [0.29, 0.717) is 0 Å². The minimum absolute atomic E-state index is 0.0588.